The molecule has 24 heavy (non-hydrogen) atoms. The molecule has 0 aromatic heterocycles. The minimum absolute atomic E-state index is 0.102. The van der Waals surface area contributed by atoms with E-state index in [9.17, 15) is 9.59 Å². The Morgan fingerprint density at radius 1 is 1.08 bits per heavy atom. The first kappa shape index (κ1) is 15.7. The summed E-state index contributed by atoms with van der Waals surface area (Å²) in [5, 5.41) is 0. The average Bonchev–Trinajstić information content (AvgIpc) is 2.97. The quantitative estimate of drug-likeness (QED) is 0.785. The summed E-state index contributed by atoms with van der Waals surface area (Å²) in [6, 6.07) is 10.3. The van der Waals surface area contributed by atoms with Gasteiger partial charge in [-0.15, -0.1) is 0 Å². The predicted octanol–water partition coefficient (Wildman–Crippen LogP) is 2.73. The van der Waals surface area contributed by atoms with Crippen molar-refractivity contribution in [2.24, 2.45) is 16.7 Å². The molecule has 2 atom stereocenters. The lowest BCUT2D eigenvalue weighted by molar-refractivity contribution is -0.153. The van der Waals surface area contributed by atoms with E-state index >= 15 is 0 Å². The van der Waals surface area contributed by atoms with Gasteiger partial charge in [0.25, 0.3) is 0 Å². The number of hydrogen-bond donors (Lipinski definition) is 0. The zero-order valence-corrected chi connectivity index (χ0v) is 14.6. The minimum atomic E-state index is -0.743. The number of benzene rings is 1. The van der Waals surface area contributed by atoms with E-state index in [0.29, 0.717) is 25.4 Å². The molecular formula is C20H26N2O2. The van der Waals surface area contributed by atoms with Crippen LogP contribution in [0.3, 0.4) is 0 Å². The molecule has 2 bridgehead atoms. The number of para-hydroxylation sites is 1. The fraction of sp³-hybridized carbons (Fsp3) is 0.600. The molecule has 0 radical (unpaired) electrons. The van der Waals surface area contributed by atoms with Crippen molar-refractivity contribution in [3.05, 3.63) is 30.3 Å². The minimum Gasteiger partial charge on any atom is -0.368 e. The number of nitrogens with zero attached hydrogens (tertiary/aromatic N) is 2. The molecule has 4 heteroatoms. The summed E-state index contributed by atoms with van der Waals surface area (Å²) in [5.74, 6) is 0.684. The van der Waals surface area contributed by atoms with Gasteiger partial charge in [0, 0.05) is 38.3 Å². The molecule has 4 rings (SSSR count). The van der Waals surface area contributed by atoms with Gasteiger partial charge in [-0.1, -0.05) is 32.0 Å². The maximum atomic E-state index is 13.3. The predicted molar refractivity (Wildman–Crippen MR) is 93.8 cm³/mol. The van der Waals surface area contributed by atoms with Crippen LogP contribution in [0.25, 0.3) is 0 Å². The van der Waals surface area contributed by atoms with E-state index in [1.54, 1.807) is 0 Å². The van der Waals surface area contributed by atoms with Crippen LogP contribution in [-0.4, -0.2) is 42.8 Å². The van der Waals surface area contributed by atoms with Crippen molar-refractivity contribution >= 4 is 17.4 Å². The molecule has 3 fully saturated rings. The van der Waals surface area contributed by atoms with Crippen LogP contribution >= 0.6 is 0 Å². The smallest absolute Gasteiger partial charge is 0.236 e. The van der Waals surface area contributed by atoms with Gasteiger partial charge in [-0.2, -0.15) is 0 Å². The lowest BCUT2D eigenvalue weighted by atomic mass is 9.68. The SMILES string of the molecule is CC1(C)C2CCC1(C(=O)N1CCN(c3ccccc3)CC1)C(=O)C2. The Bertz CT molecular complexity index is 661. The van der Waals surface area contributed by atoms with E-state index < -0.39 is 5.41 Å². The Labute approximate surface area is 143 Å². The molecule has 1 aliphatic heterocycles. The third kappa shape index (κ3) is 1.98. The van der Waals surface area contributed by atoms with Crippen LogP contribution in [0.5, 0.6) is 0 Å². The summed E-state index contributed by atoms with van der Waals surface area (Å²) >= 11 is 0. The molecular weight excluding hydrogens is 300 g/mol. The first-order chi connectivity index (χ1) is 11.5. The van der Waals surface area contributed by atoms with E-state index in [2.05, 4.69) is 30.9 Å². The number of rotatable bonds is 2. The fourth-order valence-electron chi connectivity index (χ4n) is 5.25. The summed E-state index contributed by atoms with van der Waals surface area (Å²) in [6.45, 7) is 7.36. The van der Waals surface area contributed by atoms with Gasteiger partial charge in [-0.05, 0) is 36.3 Å². The number of carbonyl (C=O) groups is 2. The maximum absolute atomic E-state index is 13.3. The number of piperazine rings is 1. The van der Waals surface area contributed by atoms with Gasteiger partial charge in [0.15, 0.2) is 0 Å². The van der Waals surface area contributed by atoms with E-state index in [-0.39, 0.29) is 17.1 Å². The molecule has 4 nitrogen and oxygen atoms in total. The Hall–Kier alpha value is -1.84. The normalized spacial score (nSPS) is 31.6. The van der Waals surface area contributed by atoms with Crippen molar-refractivity contribution in [1.82, 2.24) is 4.90 Å². The van der Waals surface area contributed by atoms with Crippen LogP contribution < -0.4 is 4.90 Å². The largest absolute Gasteiger partial charge is 0.368 e. The van der Waals surface area contributed by atoms with E-state index in [1.807, 2.05) is 23.1 Å². The standard InChI is InChI=1S/C20H26N2O2/c1-19(2)15-8-9-20(19,17(23)14-15)18(24)22-12-10-21(11-13-22)16-6-4-3-5-7-16/h3-7,15H,8-14H2,1-2H3. The van der Waals surface area contributed by atoms with Crippen LogP contribution in [0.15, 0.2) is 30.3 Å². The summed E-state index contributed by atoms with van der Waals surface area (Å²) in [5.41, 5.74) is 0.283. The fourth-order valence-corrected chi connectivity index (χ4v) is 5.25. The molecule has 1 aromatic rings. The molecule has 2 unspecified atom stereocenters. The van der Waals surface area contributed by atoms with Crippen LogP contribution in [0.4, 0.5) is 5.69 Å². The van der Waals surface area contributed by atoms with Gasteiger partial charge in [-0.3, -0.25) is 9.59 Å². The Morgan fingerprint density at radius 3 is 2.29 bits per heavy atom. The van der Waals surface area contributed by atoms with Crippen molar-refractivity contribution < 1.29 is 9.59 Å². The highest BCUT2D eigenvalue weighted by atomic mass is 16.2. The zero-order chi connectivity index (χ0) is 16.9. The highest BCUT2D eigenvalue weighted by molar-refractivity contribution is 6.09. The molecule has 1 amide bonds. The van der Waals surface area contributed by atoms with Crippen molar-refractivity contribution in [3.8, 4) is 0 Å². The monoisotopic (exact) mass is 326 g/mol. The molecule has 0 spiro atoms. The number of carbonyl (C=O) groups excluding carboxylic acids is 2. The van der Waals surface area contributed by atoms with E-state index in [4.69, 9.17) is 0 Å². The Morgan fingerprint density at radius 2 is 1.75 bits per heavy atom. The van der Waals surface area contributed by atoms with Gasteiger partial charge in [0.1, 0.15) is 11.2 Å². The molecule has 1 aromatic carbocycles. The van der Waals surface area contributed by atoms with Gasteiger partial charge >= 0.3 is 0 Å². The van der Waals surface area contributed by atoms with Crippen molar-refractivity contribution in [3.63, 3.8) is 0 Å². The third-order valence-corrected chi connectivity index (χ3v) is 6.95. The number of amides is 1. The molecule has 0 N–H and O–H groups in total. The van der Waals surface area contributed by atoms with Crippen LogP contribution in [0, 0.1) is 16.7 Å². The highest BCUT2D eigenvalue weighted by Gasteiger charge is 2.68. The summed E-state index contributed by atoms with van der Waals surface area (Å²) < 4.78 is 0. The first-order valence-electron chi connectivity index (χ1n) is 9.09. The molecule has 1 heterocycles. The highest BCUT2D eigenvalue weighted by Crippen LogP contribution is 2.64. The van der Waals surface area contributed by atoms with Gasteiger partial charge < -0.3 is 9.80 Å². The zero-order valence-electron chi connectivity index (χ0n) is 14.6. The second kappa shape index (κ2) is 5.33. The lowest BCUT2D eigenvalue weighted by Gasteiger charge is -2.43. The second-order valence-electron chi connectivity index (χ2n) is 8.10. The van der Waals surface area contributed by atoms with Crippen molar-refractivity contribution in [2.75, 3.05) is 31.1 Å². The van der Waals surface area contributed by atoms with Crippen molar-refractivity contribution in [2.45, 2.75) is 33.1 Å². The van der Waals surface area contributed by atoms with Gasteiger partial charge in [0.05, 0.1) is 0 Å². The lowest BCUT2D eigenvalue weighted by Crippen LogP contribution is -2.57. The third-order valence-electron chi connectivity index (χ3n) is 6.95. The first-order valence-corrected chi connectivity index (χ1v) is 9.09. The Kier molecular flexibility index (Phi) is 3.48. The van der Waals surface area contributed by atoms with Crippen molar-refractivity contribution in [1.29, 1.82) is 0 Å². The molecule has 128 valence electrons. The van der Waals surface area contributed by atoms with E-state index in [0.717, 1.165) is 25.9 Å². The number of ketones is 1. The Balaban J connectivity index is 1.50. The number of Topliss-reactive ketones (excluding diaryl/α,β-unsaturated/α-hetero) is 1. The average molecular weight is 326 g/mol. The number of hydrogen-bond acceptors (Lipinski definition) is 3. The van der Waals surface area contributed by atoms with Gasteiger partial charge in [0.2, 0.25) is 5.91 Å². The van der Waals surface area contributed by atoms with E-state index in [1.165, 1.54) is 5.69 Å². The molecule has 1 saturated heterocycles. The molecule has 3 aliphatic rings. The van der Waals surface area contributed by atoms with Crippen LogP contribution in [-0.2, 0) is 9.59 Å². The van der Waals surface area contributed by atoms with Crippen LogP contribution in [0.2, 0.25) is 0 Å². The summed E-state index contributed by atoms with van der Waals surface area (Å²) in [6.07, 6.45) is 2.37. The number of anilines is 1. The number of fused-ring (bicyclic) bond motifs is 2. The topological polar surface area (TPSA) is 40.6 Å². The van der Waals surface area contributed by atoms with Crippen LogP contribution in [0.1, 0.15) is 33.1 Å². The van der Waals surface area contributed by atoms with Gasteiger partial charge in [-0.25, -0.2) is 0 Å². The maximum Gasteiger partial charge on any atom is 0.236 e. The summed E-state index contributed by atoms with van der Waals surface area (Å²) in [7, 11) is 0. The summed E-state index contributed by atoms with van der Waals surface area (Å²) in [4.78, 5) is 30.3. The second-order valence-corrected chi connectivity index (χ2v) is 8.10. The molecule has 2 aliphatic carbocycles. The molecule has 2 saturated carbocycles.